The zero-order chi connectivity index (χ0) is 23.8. The van der Waals surface area contributed by atoms with E-state index in [0.717, 1.165) is 5.56 Å². The van der Waals surface area contributed by atoms with Crippen LogP contribution in [0.15, 0.2) is 41.2 Å². The first kappa shape index (κ1) is 23.5. The number of carbonyl (C=O) groups excluding carboxylic acids is 2. The molecule has 0 spiro atoms. The minimum absolute atomic E-state index is 0.0240. The first-order valence-corrected chi connectivity index (χ1v) is 12.7. The first-order chi connectivity index (χ1) is 15.6. The molecule has 2 aromatic rings. The number of aromatic nitrogens is 1. The van der Waals surface area contributed by atoms with Gasteiger partial charge >= 0.3 is 0 Å². The Morgan fingerprint density at radius 1 is 1.09 bits per heavy atom. The van der Waals surface area contributed by atoms with Gasteiger partial charge in [0.2, 0.25) is 10.0 Å². The normalized spacial score (nSPS) is 16.9. The Kier molecular flexibility index (Phi) is 6.35. The van der Waals surface area contributed by atoms with Gasteiger partial charge in [0.1, 0.15) is 11.3 Å². The molecule has 2 amide bonds. The number of fused-ring (bicyclic) bond motifs is 1. The van der Waals surface area contributed by atoms with Gasteiger partial charge < -0.3 is 14.8 Å². The van der Waals surface area contributed by atoms with Crippen molar-refractivity contribution >= 4 is 33.4 Å². The average molecular weight is 493 g/mol. The second-order valence-electron chi connectivity index (χ2n) is 8.41. The fourth-order valence-electron chi connectivity index (χ4n) is 3.89. The van der Waals surface area contributed by atoms with Crippen LogP contribution in [-0.4, -0.2) is 54.1 Å². The van der Waals surface area contributed by atoms with Crippen molar-refractivity contribution in [3.8, 4) is 0 Å². The maximum absolute atomic E-state index is 13.0. The smallest absolute Gasteiger partial charge is 0.270 e. The lowest BCUT2D eigenvalue weighted by Crippen LogP contribution is -2.52. The molecule has 0 saturated heterocycles. The van der Waals surface area contributed by atoms with Gasteiger partial charge in [-0.1, -0.05) is 23.7 Å². The summed E-state index contributed by atoms with van der Waals surface area (Å²) in [5, 5.41) is 3.30. The van der Waals surface area contributed by atoms with Gasteiger partial charge in [-0.15, -0.1) is 0 Å². The highest BCUT2D eigenvalue weighted by atomic mass is 35.5. The van der Waals surface area contributed by atoms with Gasteiger partial charge in [0.15, 0.2) is 0 Å². The summed E-state index contributed by atoms with van der Waals surface area (Å²) in [6.45, 7) is 2.55. The van der Waals surface area contributed by atoms with E-state index in [9.17, 15) is 22.8 Å². The Labute approximate surface area is 196 Å². The summed E-state index contributed by atoms with van der Waals surface area (Å²) in [5.74, 6) is -0.900. The third kappa shape index (κ3) is 5.13. The van der Waals surface area contributed by atoms with Crippen molar-refractivity contribution in [1.82, 2.24) is 19.5 Å². The third-order valence-corrected chi connectivity index (χ3v) is 7.74. The zero-order valence-corrected chi connectivity index (χ0v) is 19.7. The van der Waals surface area contributed by atoms with Crippen molar-refractivity contribution in [3.05, 3.63) is 68.6 Å². The fraction of sp³-hybridized carbons (Fsp3) is 0.409. The van der Waals surface area contributed by atoms with Gasteiger partial charge in [-0.2, -0.15) is 0 Å². The lowest BCUT2D eigenvalue weighted by atomic mass is 10.1. The van der Waals surface area contributed by atoms with Crippen LogP contribution in [0.5, 0.6) is 0 Å². The summed E-state index contributed by atoms with van der Waals surface area (Å²) in [6, 6.07) is 9.83. The molecule has 1 aliphatic heterocycles. The van der Waals surface area contributed by atoms with Crippen molar-refractivity contribution < 1.29 is 18.0 Å². The van der Waals surface area contributed by atoms with Crippen molar-refractivity contribution in [2.45, 2.75) is 38.4 Å². The van der Waals surface area contributed by atoms with Crippen molar-refractivity contribution in [2.75, 3.05) is 18.8 Å². The molecule has 1 aromatic heterocycles. The topological polar surface area (TPSA) is 118 Å². The second kappa shape index (κ2) is 8.92. The first-order valence-electron chi connectivity index (χ1n) is 10.7. The van der Waals surface area contributed by atoms with E-state index < -0.39 is 27.0 Å². The Bertz CT molecular complexity index is 1250. The van der Waals surface area contributed by atoms with E-state index in [1.54, 1.807) is 36.1 Å². The van der Waals surface area contributed by atoms with E-state index in [0.29, 0.717) is 17.9 Å². The number of halogens is 1. The average Bonchev–Trinajstić information content (AvgIpc) is 3.53. The number of nitrogens with zero attached hydrogens (tertiary/aromatic N) is 2. The quantitative estimate of drug-likeness (QED) is 0.577. The van der Waals surface area contributed by atoms with Crippen LogP contribution in [0, 0.1) is 0 Å². The van der Waals surface area contributed by atoms with E-state index in [2.05, 4.69) is 10.0 Å². The second-order valence-corrected chi connectivity index (χ2v) is 10.9. The highest BCUT2D eigenvalue weighted by Crippen LogP contribution is 2.37. The molecular weight excluding hydrogens is 468 g/mol. The Balaban J connectivity index is 1.46. The lowest BCUT2D eigenvalue weighted by molar-refractivity contribution is 0.0678. The molecular formula is C22H25ClN4O5S. The SMILES string of the molecule is CCS(=O)(=O)NC1(CN2CCn3c(ccc(C(=O)NCc4ccc(Cl)cc4)c3=O)C2=O)CC1. The number of rotatable bonds is 8. The molecule has 33 heavy (non-hydrogen) atoms. The summed E-state index contributed by atoms with van der Waals surface area (Å²) in [6.07, 6.45) is 1.32. The van der Waals surface area contributed by atoms with Crippen LogP contribution < -0.4 is 15.6 Å². The summed E-state index contributed by atoms with van der Waals surface area (Å²) < 4.78 is 28.0. The van der Waals surface area contributed by atoms with Crippen LogP contribution in [0.4, 0.5) is 0 Å². The number of amides is 2. The van der Waals surface area contributed by atoms with E-state index in [1.807, 2.05) is 0 Å². The van der Waals surface area contributed by atoms with Gasteiger partial charge in [-0.3, -0.25) is 14.4 Å². The molecule has 0 bridgehead atoms. The standard InChI is InChI=1S/C22H25ClN4O5S/c1-2-33(31,32)25-22(9-10-22)14-26-11-12-27-18(21(26)30)8-7-17(20(27)29)19(28)24-13-15-3-5-16(23)6-4-15/h3-8,25H,2,9-14H2,1H3,(H,24,28). The Hall–Kier alpha value is -2.69. The van der Waals surface area contributed by atoms with Crippen molar-refractivity contribution in [3.63, 3.8) is 0 Å². The molecule has 0 radical (unpaired) electrons. The van der Waals surface area contributed by atoms with Crippen LogP contribution in [0.3, 0.4) is 0 Å². The summed E-state index contributed by atoms with van der Waals surface area (Å²) in [7, 11) is -3.39. The molecule has 2 heterocycles. The molecule has 1 aromatic carbocycles. The number of hydrogen-bond acceptors (Lipinski definition) is 5. The molecule has 1 saturated carbocycles. The Morgan fingerprint density at radius 3 is 2.42 bits per heavy atom. The number of carbonyl (C=O) groups is 2. The van der Waals surface area contributed by atoms with Gasteiger partial charge in [0.25, 0.3) is 17.4 Å². The fourth-order valence-corrected chi connectivity index (χ4v) is 5.08. The minimum Gasteiger partial charge on any atom is -0.348 e. The monoisotopic (exact) mass is 492 g/mol. The molecule has 0 unspecified atom stereocenters. The molecule has 176 valence electrons. The molecule has 1 aliphatic carbocycles. The summed E-state index contributed by atoms with van der Waals surface area (Å²) in [4.78, 5) is 40.1. The summed E-state index contributed by atoms with van der Waals surface area (Å²) in [5.41, 5.74) is -0.168. The van der Waals surface area contributed by atoms with Crippen molar-refractivity contribution in [1.29, 1.82) is 0 Å². The number of hydrogen-bond donors (Lipinski definition) is 2. The third-order valence-electron chi connectivity index (χ3n) is 5.98. The highest BCUT2D eigenvalue weighted by molar-refractivity contribution is 7.89. The molecule has 2 N–H and O–H groups in total. The van der Waals surface area contributed by atoms with Gasteiger partial charge in [0.05, 0.1) is 11.3 Å². The van der Waals surface area contributed by atoms with E-state index in [4.69, 9.17) is 11.6 Å². The van der Waals surface area contributed by atoms with Gasteiger partial charge in [0, 0.05) is 31.2 Å². The van der Waals surface area contributed by atoms with Gasteiger partial charge in [-0.25, -0.2) is 13.1 Å². The minimum atomic E-state index is -3.39. The predicted octanol–water partition coefficient (Wildman–Crippen LogP) is 1.36. The zero-order valence-electron chi connectivity index (χ0n) is 18.1. The molecule has 1 fully saturated rings. The number of pyridine rings is 1. The van der Waals surface area contributed by atoms with Crippen LogP contribution in [0.25, 0.3) is 0 Å². The molecule has 4 rings (SSSR count). The highest BCUT2D eigenvalue weighted by Gasteiger charge is 2.48. The van der Waals surface area contributed by atoms with Crippen LogP contribution in [-0.2, 0) is 23.1 Å². The molecule has 2 aliphatic rings. The molecule has 9 nitrogen and oxygen atoms in total. The van der Waals surface area contributed by atoms with E-state index >= 15 is 0 Å². The lowest BCUT2D eigenvalue weighted by Gasteiger charge is -2.32. The number of sulfonamides is 1. The van der Waals surface area contributed by atoms with Crippen LogP contribution >= 0.6 is 11.6 Å². The van der Waals surface area contributed by atoms with E-state index in [1.165, 1.54) is 16.7 Å². The summed E-state index contributed by atoms with van der Waals surface area (Å²) >= 11 is 5.86. The maximum Gasteiger partial charge on any atom is 0.270 e. The van der Waals surface area contributed by atoms with Gasteiger partial charge in [-0.05, 0) is 49.6 Å². The number of benzene rings is 1. The predicted molar refractivity (Wildman–Crippen MR) is 124 cm³/mol. The largest absolute Gasteiger partial charge is 0.348 e. The molecule has 11 heteroatoms. The Morgan fingerprint density at radius 2 is 1.79 bits per heavy atom. The molecule has 0 atom stereocenters. The van der Waals surface area contributed by atoms with Crippen molar-refractivity contribution in [2.24, 2.45) is 0 Å². The van der Waals surface area contributed by atoms with E-state index in [-0.39, 0.29) is 49.1 Å². The van der Waals surface area contributed by atoms with Crippen LogP contribution in [0.1, 0.15) is 46.2 Å². The number of nitrogens with one attached hydrogen (secondary N) is 2. The maximum atomic E-state index is 13.0. The van der Waals surface area contributed by atoms with Crippen LogP contribution in [0.2, 0.25) is 5.02 Å².